The molecule has 7 aromatic carbocycles. The van der Waals surface area contributed by atoms with Crippen molar-refractivity contribution < 1.29 is 23.5 Å². The molecule has 0 bridgehead atoms. The summed E-state index contributed by atoms with van der Waals surface area (Å²) >= 11 is 0. The number of ether oxygens (including phenoxy) is 2. The number of benzene rings is 7. The summed E-state index contributed by atoms with van der Waals surface area (Å²) in [6.07, 6.45) is 1.84. The first-order chi connectivity index (χ1) is 31.9. The van der Waals surface area contributed by atoms with Gasteiger partial charge in [-0.15, -0.1) is 0 Å². The average molecular weight is 878 g/mol. The molecular weight excluding hydrogens is 830 g/mol. The second-order valence-corrected chi connectivity index (χ2v) is 17.5. The zero-order valence-electron chi connectivity index (χ0n) is 35.6. The van der Waals surface area contributed by atoms with Crippen molar-refractivity contribution in [3.05, 3.63) is 264 Å². The maximum Gasteiger partial charge on any atom is 0.353 e. The van der Waals surface area contributed by atoms with Gasteiger partial charge in [0.05, 0.1) is 32.2 Å². The molecule has 65 heavy (non-hydrogen) atoms. The molecule has 10 nitrogen and oxygen atoms in total. The van der Waals surface area contributed by atoms with Crippen molar-refractivity contribution in [2.75, 3.05) is 18.3 Å². The maximum atomic E-state index is 13.6. The van der Waals surface area contributed by atoms with Crippen LogP contribution < -0.4 is 5.32 Å². The highest BCUT2D eigenvalue weighted by Gasteiger charge is 2.40. The van der Waals surface area contributed by atoms with E-state index in [0.717, 1.165) is 38.9 Å². The van der Waals surface area contributed by atoms with Gasteiger partial charge in [-0.25, -0.2) is 15.0 Å². The molecule has 0 aliphatic carbocycles. The van der Waals surface area contributed by atoms with E-state index in [2.05, 4.69) is 41.7 Å². The van der Waals surface area contributed by atoms with Gasteiger partial charge in [0.25, 0.3) is 0 Å². The predicted molar refractivity (Wildman–Crippen MR) is 254 cm³/mol. The van der Waals surface area contributed by atoms with Crippen LogP contribution in [0.25, 0.3) is 11.2 Å². The van der Waals surface area contributed by atoms with Gasteiger partial charge in [0, 0.05) is 0 Å². The summed E-state index contributed by atoms with van der Waals surface area (Å²) in [5, 5.41) is 3.85. The summed E-state index contributed by atoms with van der Waals surface area (Å²) in [6.45, 7) is 0.0984. The molecule has 0 aliphatic heterocycles. The first-order valence-electron chi connectivity index (χ1n) is 21.5. The van der Waals surface area contributed by atoms with Gasteiger partial charge in [0.1, 0.15) is 29.3 Å². The molecule has 324 valence electrons. The maximum absolute atomic E-state index is 13.6. The lowest BCUT2D eigenvalue weighted by Crippen LogP contribution is -2.38. The van der Waals surface area contributed by atoms with Crippen molar-refractivity contribution in [1.82, 2.24) is 19.5 Å². The van der Waals surface area contributed by atoms with Gasteiger partial charge >= 0.3 is 7.60 Å². The van der Waals surface area contributed by atoms with E-state index >= 15 is 0 Å². The fraction of sp³-hybridized carbons (Fsp3) is 0.130. The van der Waals surface area contributed by atoms with Crippen molar-refractivity contribution in [2.45, 2.75) is 30.4 Å². The average Bonchev–Trinajstić information content (AvgIpc) is 3.79. The Hall–Kier alpha value is -7.04. The highest BCUT2D eigenvalue weighted by molar-refractivity contribution is 7.52. The van der Waals surface area contributed by atoms with Crippen LogP contribution in [0.3, 0.4) is 0 Å². The predicted octanol–water partition coefficient (Wildman–Crippen LogP) is 11.0. The fourth-order valence-electron chi connectivity index (χ4n) is 8.41. The molecule has 0 amide bonds. The van der Waals surface area contributed by atoms with Gasteiger partial charge in [0.15, 0.2) is 11.5 Å². The Morgan fingerprint density at radius 1 is 0.569 bits per heavy atom. The number of fused-ring (bicyclic) bond motifs is 1. The second kappa shape index (κ2) is 19.8. The Morgan fingerprint density at radius 3 is 1.46 bits per heavy atom. The van der Waals surface area contributed by atoms with Crippen LogP contribution in [0.15, 0.2) is 225 Å². The molecule has 0 fully saturated rings. The highest BCUT2D eigenvalue weighted by atomic mass is 31.2. The van der Waals surface area contributed by atoms with Crippen molar-refractivity contribution in [2.24, 2.45) is 0 Å². The summed E-state index contributed by atoms with van der Waals surface area (Å²) in [5.74, 6) is 0.518. The number of hydrogen-bond donors (Lipinski definition) is 2. The molecule has 2 atom stereocenters. The lowest BCUT2D eigenvalue weighted by molar-refractivity contribution is -0.0630. The third-order valence-electron chi connectivity index (χ3n) is 11.5. The Balaban J connectivity index is 1.09. The van der Waals surface area contributed by atoms with Crippen LogP contribution in [0.4, 0.5) is 5.82 Å². The standard InChI is InChI=1S/C54H48N5O5P/c60-65(61,64-37-42-22-8-1-9-23-42)41-62-49(38-63-54(46-30-16-5-17-31-46,47-32-18-6-19-33-47)48-34-20-7-21-35-48)36-59-40-57-50-51(55-39-56-52(50)59)58-53(43-24-10-2-11-25-43,44-26-12-3-13-27-44)45-28-14-4-15-29-45/h1-35,39-40,49H,36-38,41H2,(H,60,61)(H,55,56,58). The Morgan fingerprint density at radius 2 is 1.00 bits per heavy atom. The van der Waals surface area contributed by atoms with Crippen LogP contribution in [-0.2, 0) is 42.9 Å². The third-order valence-corrected chi connectivity index (χ3v) is 12.5. The van der Waals surface area contributed by atoms with Crippen LogP contribution in [0.2, 0.25) is 0 Å². The molecule has 11 heteroatoms. The summed E-state index contributed by atoms with van der Waals surface area (Å²) in [5.41, 5.74) is 5.64. The topological polar surface area (TPSA) is 121 Å². The molecule has 2 heterocycles. The minimum atomic E-state index is -4.25. The first-order valence-corrected chi connectivity index (χ1v) is 23.2. The molecule has 0 saturated carbocycles. The molecule has 2 aromatic heterocycles. The van der Waals surface area contributed by atoms with Gasteiger partial charge in [-0.2, -0.15) is 0 Å². The minimum Gasteiger partial charge on any atom is -0.361 e. The number of nitrogens with one attached hydrogen (secondary N) is 1. The Kier molecular flexibility index (Phi) is 13.2. The van der Waals surface area contributed by atoms with E-state index in [-0.39, 0.29) is 19.8 Å². The van der Waals surface area contributed by atoms with E-state index in [4.69, 9.17) is 28.9 Å². The molecule has 2 unspecified atom stereocenters. The van der Waals surface area contributed by atoms with E-state index in [1.54, 1.807) is 6.33 Å². The Bertz CT molecular complexity index is 2740. The molecule has 0 saturated heterocycles. The van der Waals surface area contributed by atoms with Gasteiger partial charge in [-0.05, 0) is 38.9 Å². The van der Waals surface area contributed by atoms with E-state index in [1.165, 1.54) is 6.33 Å². The lowest BCUT2D eigenvalue weighted by Gasteiger charge is -2.37. The summed E-state index contributed by atoms with van der Waals surface area (Å²) < 4.78 is 34.7. The van der Waals surface area contributed by atoms with Gasteiger partial charge in [-0.3, -0.25) is 4.57 Å². The molecule has 9 aromatic rings. The van der Waals surface area contributed by atoms with Crippen LogP contribution in [0.1, 0.15) is 38.9 Å². The Labute approximate surface area is 378 Å². The third kappa shape index (κ3) is 9.45. The van der Waals surface area contributed by atoms with Gasteiger partial charge < -0.3 is 28.8 Å². The van der Waals surface area contributed by atoms with Gasteiger partial charge in [-0.1, -0.05) is 212 Å². The van der Waals surface area contributed by atoms with E-state index in [0.29, 0.717) is 17.0 Å². The molecule has 0 aliphatic rings. The van der Waals surface area contributed by atoms with Crippen LogP contribution in [-0.4, -0.2) is 43.5 Å². The number of rotatable bonds is 19. The van der Waals surface area contributed by atoms with Gasteiger partial charge in [0.2, 0.25) is 0 Å². The zero-order valence-corrected chi connectivity index (χ0v) is 36.5. The summed E-state index contributed by atoms with van der Waals surface area (Å²) in [6, 6.07) is 70.3. The molecule has 0 radical (unpaired) electrons. The number of hydrogen-bond acceptors (Lipinski definition) is 8. The largest absolute Gasteiger partial charge is 0.361 e. The summed E-state index contributed by atoms with van der Waals surface area (Å²) in [7, 11) is -4.25. The number of aromatic nitrogens is 4. The monoisotopic (exact) mass is 877 g/mol. The minimum absolute atomic E-state index is 0.00757. The zero-order chi connectivity index (χ0) is 44.4. The molecule has 9 rings (SSSR count). The van der Waals surface area contributed by atoms with E-state index in [9.17, 15) is 9.46 Å². The molecular formula is C54H48N5O5P. The van der Waals surface area contributed by atoms with Crippen LogP contribution in [0.5, 0.6) is 0 Å². The van der Waals surface area contributed by atoms with Crippen molar-refractivity contribution in [3.8, 4) is 0 Å². The van der Waals surface area contributed by atoms with Crippen LogP contribution >= 0.6 is 7.60 Å². The fourth-order valence-corrected chi connectivity index (χ4v) is 9.23. The smallest absolute Gasteiger partial charge is 0.353 e. The van der Waals surface area contributed by atoms with Crippen LogP contribution in [0, 0.1) is 0 Å². The number of imidazole rings is 1. The van der Waals surface area contributed by atoms with Crippen molar-refractivity contribution in [3.63, 3.8) is 0 Å². The first kappa shape index (κ1) is 43.2. The second-order valence-electron chi connectivity index (χ2n) is 15.7. The SMILES string of the molecule is O=P(O)(COC(COC(c1ccccc1)(c1ccccc1)c1ccccc1)Cn1cnc2c(NC(c3ccccc3)(c3ccccc3)c3ccccc3)ncnc21)OCc1ccccc1. The van der Waals surface area contributed by atoms with E-state index in [1.807, 2.05) is 180 Å². The normalized spacial score (nSPS) is 13.2. The quantitative estimate of drug-likeness (QED) is 0.0604. The molecule has 2 N–H and O–H groups in total. The molecule has 0 spiro atoms. The lowest BCUT2D eigenvalue weighted by atomic mass is 9.77. The number of nitrogens with zero attached hydrogens (tertiary/aromatic N) is 4. The van der Waals surface area contributed by atoms with Crippen molar-refractivity contribution >= 4 is 24.6 Å². The van der Waals surface area contributed by atoms with E-state index < -0.39 is 31.2 Å². The van der Waals surface area contributed by atoms with Crippen molar-refractivity contribution in [1.29, 1.82) is 0 Å². The summed E-state index contributed by atoms with van der Waals surface area (Å²) in [4.78, 5) is 25.6. The number of anilines is 1. The highest BCUT2D eigenvalue weighted by Crippen LogP contribution is 2.45.